The van der Waals surface area contributed by atoms with E-state index in [9.17, 15) is 0 Å². The van der Waals surface area contributed by atoms with Gasteiger partial charge in [0.25, 0.3) is 0 Å². The molecule has 0 aromatic heterocycles. The molecule has 1 aromatic carbocycles. The van der Waals surface area contributed by atoms with Gasteiger partial charge in [0.1, 0.15) is 5.75 Å². The van der Waals surface area contributed by atoms with E-state index in [1.165, 1.54) is 18.5 Å². The third-order valence-corrected chi connectivity index (χ3v) is 2.92. The zero-order valence-corrected chi connectivity index (χ0v) is 12.2. The molecule has 0 amide bonds. The molecule has 1 atom stereocenters. The summed E-state index contributed by atoms with van der Waals surface area (Å²) in [5, 5.41) is 3.52. The molecule has 0 bridgehead atoms. The first-order valence-electron chi connectivity index (χ1n) is 7.11. The summed E-state index contributed by atoms with van der Waals surface area (Å²) in [5.41, 5.74) is 1.18. The zero-order valence-electron chi connectivity index (χ0n) is 12.2. The fraction of sp³-hybridized carbons (Fsp3) is 0.625. The van der Waals surface area contributed by atoms with Gasteiger partial charge in [-0.05, 0) is 56.4 Å². The van der Waals surface area contributed by atoms with Crippen LogP contribution >= 0.6 is 0 Å². The Morgan fingerprint density at radius 1 is 1.06 bits per heavy atom. The van der Waals surface area contributed by atoms with Gasteiger partial charge in [-0.1, -0.05) is 20.8 Å². The Hall–Kier alpha value is -1.18. The summed E-state index contributed by atoms with van der Waals surface area (Å²) in [5.74, 6) is 1.73. The first kappa shape index (κ1) is 14.9. The van der Waals surface area contributed by atoms with Crippen molar-refractivity contribution in [3.05, 3.63) is 24.3 Å². The van der Waals surface area contributed by atoms with E-state index in [0.29, 0.717) is 6.04 Å². The number of ether oxygens (including phenoxy) is 1. The van der Waals surface area contributed by atoms with Crippen LogP contribution in [0.2, 0.25) is 0 Å². The molecule has 2 nitrogen and oxygen atoms in total. The van der Waals surface area contributed by atoms with Crippen molar-refractivity contribution in [3.8, 4) is 5.75 Å². The molecule has 0 aliphatic rings. The molecule has 0 fully saturated rings. The second-order valence-electron chi connectivity index (χ2n) is 5.39. The van der Waals surface area contributed by atoms with Crippen molar-refractivity contribution in [2.24, 2.45) is 5.92 Å². The van der Waals surface area contributed by atoms with E-state index in [1.54, 1.807) is 0 Å². The van der Waals surface area contributed by atoms with E-state index in [1.807, 2.05) is 12.1 Å². The molecule has 102 valence electrons. The fourth-order valence-electron chi connectivity index (χ4n) is 1.81. The van der Waals surface area contributed by atoms with Crippen molar-refractivity contribution < 1.29 is 4.74 Å². The standard InChI is InChI=1S/C16H27NO/c1-5-12-18-16-10-8-15(9-11-16)17-14(4)7-6-13(2)3/h8-11,13-14,17H,5-7,12H2,1-4H3. The highest BCUT2D eigenvalue weighted by Crippen LogP contribution is 2.18. The van der Waals surface area contributed by atoms with Gasteiger partial charge in [0, 0.05) is 11.7 Å². The number of hydrogen-bond acceptors (Lipinski definition) is 2. The van der Waals surface area contributed by atoms with Crippen LogP contribution in [0.15, 0.2) is 24.3 Å². The highest BCUT2D eigenvalue weighted by Gasteiger charge is 2.03. The molecule has 0 spiro atoms. The number of nitrogens with one attached hydrogen (secondary N) is 1. The molecule has 0 radical (unpaired) electrons. The van der Waals surface area contributed by atoms with Gasteiger partial charge in [-0.3, -0.25) is 0 Å². The average Bonchev–Trinajstić information content (AvgIpc) is 2.35. The minimum atomic E-state index is 0.523. The van der Waals surface area contributed by atoms with Gasteiger partial charge in [0.2, 0.25) is 0 Å². The van der Waals surface area contributed by atoms with Crippen LogP contribution in [0, 0.1) is 5.92 Å². The number of benzene rings is 1. The van der Waals surface area contributed by atoms with Crippen molar-refractivity contribution in [2.75, 3.05) is 11.9 Å². The van der Waals surface area contributed by atoms with Crippen LogP contribution in [-0.4, -0.2) is 12.6 Å². The molecular weight excluding hydrogens is 222 g/mol. The summed E-state index contributed by atoms with van der Waals surface area (Å²) in [6, 6.07) is 8.78. The quantitative estimate of drug-likeness (QED) is 0.720. The summed E-state index contributed by atoms with van der Waals surface area (Å²) in [6.45, 7) is 9.69. The fourth-order valence-corrected chi connectivity index (χ4v) is 1.81. The maximum absolute atomic E-state index is 5.57. The topological polar surface area (TPSA) is 21.3 Å². The molecule has 2 heteroatoms. The Morgan fingerprint density at radius 3 is 2.28 bits per heavy atom. The summed E-state index contributed by atoms with van der Waals surface area (Å²) in [4.78, 5) is 0. The summed E-state index contributed by atoms with van der Waals surface area (Å²) in [7, 11) is 0. The molecular formula is C16H27NO. The van der Waals surface area contributed by atoms with E-state index in [-0.39, 0.29) is 0 Å². The van der Waals surface area contributed by atoms with Crippen molar-refractivity contribution in [1.82, 2.24) is 0 Å². The monoisotopic (exact) mass is 249 g/mol. The van der Waals surface area contributed by atoms with Gasteiger partial charge in [0.05, 0.1) is 6.61 Å². The van der Waals surface area contributed by atoms with Crippen LogP contribution in [0.3, 0.4) is 0 Å². The molecule has 0 heterocycles. The van der Waals surface area contributed by atoms with Crippen molar-refractivity contribution in [3.63, 3.8) is 0 Å². The second kappa shape index (κ2) is 8.02. The van der Waals surface area contributed by atoms with Crippen molar-refractivity contribution in [2.45, 2.75) is 53.0 Å². The lowest BCUT2D eigenvalue weighted by Crippen LogP contribution is -2.15. The number of anilines is 1. The number of hydrogen-bond donors (Lipinski definition) is 1. The van der Waals surface area contributed by atoms with Crippen LogP contribution in [-0.2, 0) is 0 Å². The Morgan fingerprint density at radius 2 is 1.72 bits per heavy atom. The van der Waals surface area contributed by atoms with Gasteiger partial charge in [-0.15, -0.1) is 0 Å². The van der Waals surface area contributed by atoms with Crippen molar-refractivity contribution in [1.29, 1.82) is 0 Å². The van der Waals surface area contributed by atoms with Crippen LogP contribution in [0.1, 0.15) is 47.0 Å². The molecule has 0 saturated carbocycles. The third kappa shape index (κ3) is 5.95. The first-order valence-corrected chi connectivity index (χ1v) is 7.11. The maximum Gasteiger partial charge on any atom is 0.119 e. The highest BCUT2D eigenvalue weighted by atomic mass is 16.5. The predicted octanol–water partition coefficient (Wildman–Crippen LogP) is 4.71. The zero-order chi connectivity index (χ0) is 13.4. The lowest BCUT2D eigenvalue weighted by molar-refractivity contribution is 0.317. The molecule has 0 aliphatic carbocycles. The smallest absolute Gasteiger partial charge is 0.119 e. The van der Waals surface area contributed by atoms with Gasteiger partial charge >= 0.3 is 0 Å². The van der Waals surface area contributed by atoms with Gasteiger partial charge in [0.15, 0.2) is 0 Å². The third-order valence-electron chi connectivity index (χ3n) is 2.92. The van der Waals surface area contributed by atoms with E-state index in [2.05, 4.69) is 45.1 Å². The second-order valence-corrected chi connectivity index (χ2v) is 5.39. The molecule has 1 aromatic rings. The molecule has 1 N–H and O–H groups in total. The largest absolute Gasteiger partial charge is 0.494 e. The minimum absolute atomic E-state index is 0.523. The van der Waals surface area contributed by atoms with E-state index in [0.717, 1.165) is 24.7 Å². The SMILES string of the molecule is CCCOc1ccc(NC(C)CCC(C)C)cc1. The lowest BCUT2D eigenvalue weighted by atomic mass is 10.0. The normalized spacial score (nSPS) is 12.5. The van der Waals surface area contributed by atoms with Gasteiger partial charge in [-0.25, -0.2) is 0 Å². The lowest BCUT2D eigenvalue weighted by Gasteiger charge is -2.16. The average molecular weight is 249 g/mol. The highest BCUT2D eigenvalue weighted by molar-refractivity contribution is 5.46. The molecule has 0 saturated heterocycles. The van der Waals surface area contributed by atoms with Crippen LogP contribution in [0.4, 0.5) is 5.69 Å². The maximum atomic E-state index is 5.57. The predicted molar refractivity (Wildman–Crippen MR) is 79.4 cm³/mol. The summed E-state index contributed by atoms with van der Waals surface area (Å²) >= 11 is 0. The van der Waals surface area contributed by atoms with Crippen LogP contribution < -0.4 is 10.1 Å². The van der Waals surface area contributed by atoms with E-state index >= 15 is 0 Å². The van der Waals surface area contributed by atoms with Gasteiger partial charge in [-0.2, -0.15) is 0 Å². The Kier molecular flexibility index (Phi) is 6.63. The van der Waals surface area contributed by atoms with E-state index < -0.39 is 0 Å². The van der Waals surface area contributed by atoms with E-state index in [4.69, 9.17) is 4.74 Å². The van der Waals surface area contributed by atoms with Crippen molar-refractivity contribution >= 4 is 5.69 Å². The molecule has 1 unspecified atom stereocenters. The Bertz CT molecular complexity index is 318. The molecule has 1 rings (SSSR count). The van der Waals surface area contributed by atoms with Crippen LogP contribution in [0.25, 0.3) is 0 Å². The summed E-state index contributed by atoms with van der Waals surface area (Å²) < 4.78 is 5.57. The summed E-state index contributed by atoms with van der Waals surface area (Å²) in [6.07, 6.45) is 3.53. The Balaban J connectivity index is 2.38. The molecule has 18 heavy (non-hydrogen) atoms. The Labute approximate surface area is 112 Å². The first-order chi connectivity index (χ1) is 8.61. The number of rotatable bonds is 8. The minimum Gasteiger partial charge on any atom is -0.494 e. The van der Waals surface area contributed by atoms with Crippen LogP contribution in [0.5, 0.6) is 5.75 Å². The molecule has 0 aliphatic heterocycles. The van der Waals surface area contributed by atoms with Gasteiger partial charge < -0.3 is 10.1 Å².